The molecular weight excluding hydrogens is 346 g/mol. The highest BCUT2D eigenvalue weighted by Gasteiger charge is 2.22. The third kappa shape index (κ3) is 4.22. The van der Waals surface area contributed by atoms with E-state index in [0.717, 1.165) is 19.3 Å². The van der Waals surface area contributed by atoms with E-state index >= 15 is 0 Å². The number of anilines is 1. The van der Waals surface area contributed by atoms with Crippen LogP contribution in [0.1, 0.15) is 34.8 Å². The molecule has 6 nitrogen and oxygen atoms in total. The number of carbonyl (C=O) groups is 2. The summed E-state index contributed by atoms with van der Waals surface area (Å²) >= 11 is 0. The lowest BCUT2D eigenvalue weighted by atomic mass is 10.1. The fourth-order valence-electron chi connectivity index (χ4n) is 3.14. The molecule has 0 radical (unpaired) electrons. The van der Waals surface area contributed by atoms with E-state index in [-0.39, 0.29) is 11.5 Å². The SMILES string of the molecule is COc1ccc(C(=O)O[C@H](C)C(=O)Nc2ccc3c(c2)CCC3)c(OC)c1. The number of fused-ring (bicyclic) bond motifs is 1. The number of benzene rings is 2. The summed E-state index contributed by atoms with van der Waals surface area (Å²) in [5.41, 5.74) is 3.54. The van der Waals surface area contributed by atoms with Crippen LogP contribution in [0.15, 0.2) is 36.4 Å². The number of esters is 1. The molecule has 0 spiro atoms. The molecule has 0 fully saturated rings. The molecule has 0 bridgehead atoms. The zero-order chi connectivity index (χ0) is 19.4. The standard InChI is InChI=1S/C21H23NO5/c1-13(20(23)22-16-8-7-14-5-4-6-15(14)11-16)27-21(24)18-10-9-17(25-2)12-19(18)26-3/h7-13H,4-6H2,1-3H3,(H,22,23)/t13-/m1/s1. The summed E-state index contributed by atoms with van der Waals surface area (Å²) in [6.07, 6.45) is 2.31. The van der Waals surface area contributed by atoms with E-state index in [2.05, 4.69) is 5.32 Å². The summed E-state index contributed by atoms with van der Waals surface area (Å²) in [6.45, 7) is 1.54. The van der Waals surface area contributed by atoms with Crippen molar-refractivity contribution in [3.8, 4) is 11.5 Å². The van der Waals surface area contributed by atoms with Gasteiger partial charge in [0.05, 0.1) is 14.2 Å². The topological polar surface area (TPSA) is 73.9 Å². The number of hydrogen-bond donors (Lipinski definition) is 1. The zero-order valence-corrected chi connectivity index (χ0v) is 15.7. The third-order valence-corrected chi connectivity index (χ3v) is 4.65. The zero-order valence-electron chi connectivity index (χ0n) is 15.7. The van der Waals surface area contributed by atoms with Crippen LogP contribution < -0.4 is 14.8 Å². The van der Waals surface area contributed by atoms with Crippen LogP contribution >= 0.6 is 0 Å². The van der Waals surface area contributed by atoms with E-state index in [0.29, 0.717) is 17.2 Å². The smallest absolute Gasteiger partial charge is 0.342 e. The second kappa shape index (κ2) is 8.12. The number of aryl methyl sites for hydroxylation is 2. The Morgan fingerprint density at radius 1 is 1.00 bits per heavy atom. The van der Waals surface area contributed by atoms with Gasteiger partial charge in [-0.1, -0.05) is 6.07 Å². The number of carbonyl (C=O) groups excluding carboxylic acids is 2. The van der Waals surface area contributed by atoms with Gasteiger partial charge in [-0.05, 0) is 61.6 Å². The molecule has 1 amide bonds. The maximum absolute atomic E-state index is 12.4. The van der Waals surface area contributed by atoms with Gasteiger partial charge in [0.25, 0.3) is 5.91 Å². The van der Waals surface area contributed by atoms with Gasteiger partial charge in [-0.25, -0.2) is 4.79 Å². The van der Waals surface area contributed by atoms with Crippen LogP contribution in [0.4, 0.5) is 5.69 Å². The molecule has 1 aliphatic carbocycles. The van der Waals surface area contributed by atoms with Crippen LogP contribution in [0.5, 0.6) is 11.5 Å². The van der Waals surface area contributed by atoms with Crippen molar-refractivity contribution in [3.63, 3.8) is 0 Å². The molecule has 27 heavy (non-hydrogen) atoms. The summed E-state index contributed by atoms with van der Waals surface area (Å²) in [7, 11) is 2.98. The van der Waals surface area contributed by atoms with Crippen LogP contribution in [-0.2, 0) is 22.4 Å². The lowest BCUT2D eigenvalue weighted by molar-refractivity contribution is -0.123. The van der Waals surface area contributed by atoms with E-state index in [1.54, 1.807) is 18.2 Å². The number of hydrogen-bond acceptors (Lipinski definition) is 5. The van der Waals surface area contributed by atoms with E-state index in [1.807, 2.05) is 18.2 Å². The quantitative estimate of drug-likeness (QED) is 0.790. The van der Waals surface area contributed by atoms with Gasteiger partial charge < -0.3 is 19.5 Å². The fraction of sp³-hybridized carbons (Fsp3) is 0.333. The first-order valence-electron chi connectivity index (χ1n) is 8.87. The minimum absolute atomic E-state index is 0.232. The van der Waals surface area contributed by atoms with Gasteiger partial charge in [0, 0.05) is 11.8 Å². The molecule has 1 aliphatic rings. The average molecular weight is 369 g/mol. The largest absolute Gasteiger partial charge is 0.497 e. The lowest BCUT2D eigenvalue weighted by Crippen LogP contribution is -2.30. The number of ether oxygens (including phenoxy) is 3. The minimum Gasteiger partial charge on any atom is -0.497 e. The van der Waals surface area contributed by atoms with Crippen molar-refractivity contribution < 1.29 is 23.8 Å². The number of amides is 1. The molecule has 0 aromatic heterocycles. The van der Waals surface area contributed by atoms with Crippen molar-refractivity contribution in [1.82, 2.24) is 0 Å². The number of nitrogens with one attached hydrogen (secondary N) is 1. The van der Waals surface area contributed by atoms with Crippen molar-refractivity contribution in [2.75, 3.05) is 19.5 Å². The molecule has 2 aromatic rings. The van der Waals surface area contributed by atoms with Crippen LogP contribution in [0.3, 0.4) is 0 Å². The maximum atomic E-state index is 12.4. The second-order valence-electron chi connectivity index (χ2n) is 6.44. The summed E-state index contributed by atoms with van der Waals surface area (Å²) in [5.74, 6) is -0.128. The molecular formula is C21H23NO5. The van der Waals surface area contributed by atoms with Gasteiger partial charge in [-0.15, -0.1) is 0 Å². The second-order valence-corrected chi connectivity index (χ2v) is 6.44. The van der Waals surface area contributed by atoms with E-state index in [1.165, 1.54) is 32.3 Å². The highest BCUT2D eigenvalue weighted by atomic mass is 16.5. The van der Waals surface area contributed by atoms with E-state index < -0.39 is 12.1 Å². The first-order valence-corrected chi connectivity index (χ1v) is 8.87. The third-order valence-electron chi connectivity index (χ3n) is 4.65. The van der Waals surface area contributed by atoms with Crippen LogP contribution in [0.2, 0.25) is 0 Å². The van der Waals surface area contributed by atoms with Gasteiger partial charge in [-0.3, -0.25) is 4.79 Å². The van der Waals surface area contributed by atoms with Gasteiger partial charge >= 0.3 is 5.97 Å². The van der Waals surface area contributed by atoms with Crippen molar-refractivity contribution in [2.45, 2.75) is 32.3 Å². The average Bonchev–Trinajstić information content (AvgIpc) is 3.15. The first kappa shape index (κ1) is 18.8. The molecule has 2 aromatic carbocycles. The Labute approximate surface area is 158 Å². The Morgan fingerprint density at radius 2 is 1.78 bits per heavy atom. The summed E-state index contributed by atoms with van der Waals surface area (Å²) < 4.78 is 15.6. The summed E-state index contributed by atoms with van der Waals surface area (Å²) in [5, 5.41) is 2.81. The summed E-state index contributed by atoms with van der Waals surface area (Å²) in [4.78, 5) is 24.8. The van der Waals surface area contributed by atoms with Crippen molar-refractivity contribution in [3.05, 3.63) is 53.1 Å². The molecule has 1 N–H and O–H groups in total. The normalized spacial score (nSPS) is 13.4. The molecule has 142 valence electrons. The monoisotopic (exact) mass is 369 g/mol. The summed E-state index contributed by atoms with van der Waals surface area (Å²) in [6, 6.07) is 10.7. The van der Waals surface area contributed by atoms with E-state index in [4.69, 9.17) is 14.2 Å². The highest BCUT2D eigenvalue weighted by Crippen LogP contribution is 2.26. The Balaban J connectivity index is 1.65. The maximum Gasteiger partial charge on any atom is 0.342 e. The number of methoxy groups -OCH3 is 2. The van der Waals surface area contributed by atoms with Crippen LogP contribution in [0, 0.1) is 0 Å². The molecule has 0 unspecified atom stereocenters. The van der Waals surface area contributed by atoms with E-state index in [9.17, 15) is 9.59 Å². The Morgan fingerprint density at radius 3 is 2.52 bits per heavy atom. The first-order chi connectivity index (χ1) is 13.0. The van der Waals surface area contributed by atoms with Gasteiger partial charge in [0.15, 0.2) is 6.10 Å². The molecule has 0 aliphatic heterocycles. The van der Waals surface area contributed by atoms with Gasteiger partial charge in [0.2, 0.25) is 0 Å². The van der Waals surface area contributed by atoms with Crippen LogP contribution in [-0.4, -0.2) is 32.2 Å². The molecule has 0 saturated carbocycles. The lowest BCUT2D eigenvalue weighted by Gasteiger charge is -2.15. The minimum atomic E-state index is -0.947. The van der Waals surface area contributed by atoms with Crippen molar-refractivity contribution in [2.24, 2.45) is 0 Å². The predicted molar refractivity (Wildman–Crippen MR) is 102 cm³/mol. The van der Waals surface area contributed by atoms with Crippen molar-refractivity contribution in [1.29, 1.82) is 0 Å². The number of rotatable bonds is 6. The molecule has 6 heteroatoms. The van der Waals surface area contributed by atoms with Gasteiger partial charge in [0.1, 0.15) is 17.1 Å². The Hall–Kier alpha value is -3.02. The Bertz CT molecular complexity index is 862. The molecule has 0 heterocycles. The molecule has 0 saturated heterocycles. The predicted octanol–water partition coefficient (Wildman–Crippen LogP) is 3.38. The molecule has 1 atom stereocenters. The highest BCUT2D eigenvalue weighted by molar-refractivity contribution is 5.98. The Kier molecular flexibility index (Phi) is 5.64. The van der Waals surface area contributed by atoms with Gasteiger partial charge in [-0.2, -0.15) is 0 Å². The fourth-order valence-corrected chi connectivity index (χ4v) is 3.14. The van der Waals surface area contributed by atoms with Crippen LogP contribution in [0.25, 0.3) is 0 Å². The van der Waals surface area contributed by atoms with Crippen molar-refractivity contribution >= 4 is 17.6 Å². The molecule has 3 rings (SSSR count).